The lowest BCUT2D eigenvalue weighted by Crippen LogP contribution is -2.39. The molecule has 2 aromatic rings. The molecule has 1 aromatic heterocycles. The van der Waals surface area contributed by atoms with Crippen molar-refractivity contribution in [2.45, 2.75) is 24.9 Å². The van der Waals surface area contributed by atoms with E-state index in [2.05, 4.69) is 45.0 Å². The van der Waals surface area contributed by atoms with Crippen molar-refractivity contribution in [3.63, 3.8) is 0 Å². The number of likely N-dealkylation sites (tertiary alicyclic amines) is 1. The second kappa shape index (κ2) is 8.23. The minimum atomic E-state index is 0.0476. The first-order valence-electron chi connectivity index (χ1n) is 9.74. The third-order valence-corrected chi connectivity index (χ3v) is 5.69. The number of morpholine rings is 1. The van der Waals surface area contributed by atoms with Crippen LogP contribution in [0.4, 0.5) is 5.82 Å². The highest BCUT2D eigenvalue weighted by atomic mass is 16.5. The lowest BCUT2D eigenvalue weighted by molar-refractivity contribution is 0.0395. The van der Waals surface area contributed by atoms with E-state index in [0.717, 1.165) is 37.7 Å². The van der Waals surface area contributed by atoms with Crippen molar-refractivity contribution in [3.05, 3.63) is 47.9 Å². The maximum Gasteiger partial charge on any atom is 0.132 e. The van der Waals surface area contributed by atoms with E-state index in [1.807, 2.05) is 12.1 Å². The molecule has 2 saturated heterocycles. The molecule has 0 bridgehead atoms. The van der Waals surface area contributed by atoms with Crippen LogP contribution < -0.4 is 9.64 Å². The molecule has 2 aliphatic heterocycles. The second-order valence-electron chi connectivity index (χ2n) is 7.46. The first-order chi connectivity index (χ1) is 13.2. The van der Waals surface area contributed by atoms with Crippen molar-refractivity contribution < 1.29 is 9.47 Å². The highest BCUT2D eigenvalue weighted by Gasteiger charge is 2.25. The summed E-state index contributed by atoms with van der Waals surface area (Å²) in [6.07, 6.45) is 4.11. The molecule has 27 heavy (non-hydrogen) atoms. The summed E-state index contributed by atoms with van der Waals surface area (Å²) in [7, 11) is 3.87. The van der Waals surface area contributed by atoms with Gasteiger partial charge in [0.25, 0.3) is 0 Å². The van der Waals surface area contributed by atoms with Crippen LogP contribution in [0.1, 0.15) is 36.1 Å². The predicted molar refractivity (Wildman–Crippen MR) is 105 cm³/mol. The number of anilines is 1. The van der Waals surface area contributed by atoms with Gasteiger partial charge in [0.15, 0.2) is 0 Å². The normalized spacial score (nSPS) is 22.0. The zero-order valence-electron chi connectivity index (χ0n) is 16.2. The Morgan fingerprint density at radius 1 is 1.07 bits per heavy atom. The maximum atomic E-state index is 6.02. The number of hydrogen-bond donors (Lipinski definition) is 0. The van der Waals surface area contributed by atoms with Gasteiger partial charge in [0.1, 0.15) is 24.0 Å². The second-order valence-corrected chi connectivity index (χ2v) is 7.46. The molecule has 0 amide bonds. The van der Waals surface area contributed by atoms with Crippen LogP contribution in [0.2, 0.25) is 0 Å². The van der Waals surface area contributed by atoms with E-state index in [4.69, 9.17) is 9.47 Å². The van der Waals surface area contributed by atoms with Crippen molar-refractivity contribution in [3.8, 4) is 5.75 Å². The quantitative estimate of drug-likeness (QED) is 0.827. The van der Waals surface area contributed by atoms with Crippen LogP contribution in [0.15, 0.2) is 36.7 Å². The molecule has 1 unspecified atom stereocenters. The summed E-state index contributed by atoms with van der Waals surface area (Å²) in [4.78, 5) is 13.8. The molecule has 2 fully saturated rings. The Bertz CT molecular complexity index is 744. The van der Waals surface area contributed by atoms with Crippen LogP contribution in [-0.2, 0) is 4.74 Å². The zero-order chi connectivity index (χ0) is 18.6. The van der Waals surface area contributed by atoms with E-state index in [0.29, 0.717) is 12.5 Å². The Morgan fingerprint density at radius 3 is 2.59 bits per heavy atom. The molecule has 0 saturated carbocycles. The van der Waals surface area contributed by atoms with Gasteiger partial charge in [0, 0.05) is 30.8 Å². The van der Waals surface area contributed by atoms with Gasteiger partial charge in [-0.3, -0.25) is 0 Å². The zero-order valence-corrected chi connectivity index (χ0v) is 16.2. The van der Waals surface area contributed by atoms with Crippen LogP contribution >= 0.6 is 0 Å². The van der Waals surface area contributed by atoms with Crippen molar-refractivity contribution >= 4 is 5.82 Å². The minimum Gasteiger partial charge on any atom is -0.497 e. The van der Waals surface area contributed by atoms with Crippen LogP contribution in [0.3, 0.4) is 0 Å². The van der Waals surface area contributed by atoms with Gasteiger partial charge in [-0.1, -0.05) is 12.1 Å². The van der Waals surface area contributed by atoms with E-state index in [-0.39, 0.29) is 6.10 Å². The minimum absolute atomic E-state index is 0.0476. The smallest absolute Gasteiger partial charge is 0.132 e. The Labute approximate surface area is 161 Å². The summed E-state index contributed by atoms with van der Waals surface area (Å²) in [6.45, 7) is 4.64. The van der Waals surface area contributed by atoms with Gasteiger partial charge in [-0.05, 0) is 50.7 Å². The molecule has 0 spiro atoms. The summed E-state index contributed by atoms with van der Waals surface area (Å²) in [6, 6.07) is 10.3. The predicted octanol–water partition coefficient (Wildman–Crippen LogP) is 2.87. The van der Waals surface area contributed by atoms with Gasteiger partial charge in [0.2, 0.25) is 0 Å². The monoisotopic (exact) mass is 368 g/mol. The SMILES string of the molecule is COc1ccc(C2CN(c3cc(C4CCN(C)CC4)ncn3)CCO2)cc1. The number of benzene rings is 1. The molecule has 0 N–H and O–H groups in total. The third kappa shape index (κ3) is 4.22. The van der Waals surface area contributed by atoms with Crippen molar-refractivity contribution in [2.75, 3.05) is 51.8 Å². The van der Waals surface area contributed by atoms with Gasteiger partial charge < -0.3 is 19.3 Å². The summed E-state index contributed by atoms with van der Waals surface area (Å²) >= 11 is 0. The third-order valence-electron chi connectivity index (χ3n) is 5.69. The molecule has 3 heterocycles. The van der Waals surface area contributed by atoms with E-state index < -0.39 is 0 Å². The average Bonchev–Trinajstić information content (AvgIpc) is 2.74. The largest absolute Gasteiger partial charge is 0.497 e. The molecule has 2 aliphatic rings. The van der Waals surface area contributed by atoms with Gasteiger partial charge in [-0.2, -0.15) is 0 Å². The number of piperidine rings is 1. The molecule has 1 aromatic carbocycles. The summed E-state index contributed by atoms with van der Waals surface area (Å²) in [5, 5.41) is 0. The summed E-state index contributed by atoms with van der Waals surface area (Å²) in [5.74, 6) is 2.42. The fraction of sp³-hybridized carbons (Fsp3) is 0.524. The van der Waals surface area contributed by atoms with Crippen molar-refractivity contribution in [1.82, 2.24) is 14.9 Å². The van der Waals surface area contributed by atoms with Crippen LogP contribution in [0, 0.1) is 0 Å². The Kier molecular flexibility index (Phi) is 5.55. The summed E-state index contributed by atoms with van der Waals surface area (Å²) in [5.41, 5.74) is 2.35. The standard InChI is InChI=1S/C21H28N4O2/c1-24-9-7-16(8-10-24)19-13-21(23-15-22-19)25-11-12-27-20(14-25)17-3-5-18(26-2)6-4-17/h3-6,13,15-16,20H,7-12,14H2,1-2H3. The van der Waals surface area contributed by atoms with E-state index >= 15 is 0 Å². The molecule has 4 rings (SSSR count). The fourth-order valence-electron chi connectivity index (χ4n) is 3.94. The topological polar surface area (TPSA) is 50.7 Å². The molecule has 1 atom stereocenters. The molecule has 0 radical (unpaired) electrons. The highest BCUT2D eigenvalue weighted by molar-refractivity contribution is 5.41. The number of methoxy groups -OCH3 is 1. The molecule has 144 valence electrons. The Balaban J connectivity index is 1.47. The van der Waals surface area contributed by atoms with E-state index in [1.165, 1.54) is 24.1 Å². The summed E-state index contributed by atoms with van der Waals surface area (Å²) < 4.78 is 11.3. The average molecular weight is 368 g/mol. The van der Waals surface area contributed by atoms with Crippen LogP contribution in [0.25, 0.3) is 0 Å². The van der Waals surface area contributed by atoms with E-state index in [9.17, 15) is 0 Å². The van der Waals surface area contributed by atoms with Gasteiger partial charge in [-0.15, -0.1) is 0 Å². The Morgan fingerprint density at radius 2 is 1.85 bits per heavy atom. The molecular weight excluding hydrogens is 340 g/mol. The van der Waals surface area contributed by atoms with Crippen molar-refractivity contribution in [2.24, 2.45) is 0 Å². The number of ether oxygens (including phenoxy) is 2. The Hall–Kier alpha value is -2.18. The first-order valence-corrected chi connectivity index (χ1v) is 9.74. The first kappa shape index (κ1) is 18.2. The highest BCUT2D eigenvalue weighted by Crippen LogP contribution is 2.30. The fourth-order valence-corrected chi connectivity index (χ4v) is 3.94. The molecule has 6 heteroatoms. The maximum absolute atomic E-state index is 6.02. The van der Waals surface area contributed by atoms with E-state index in [1.54, 1.807) is 13.4 Å². The van der Waals surface area contributed by atoms with Crippen molar-refractivity contribution in [1.29, 1.82) is 0 Å². The van der Waals surface area contributed by atoms with Gasteiger partial charge >= 0.3 is 0 Å². The van der Waals surface area contributed by atoms with Gasteiger partial charge in [0.05, 0.1) is 13.7 Å². The molecule has 6 nitrogen and oxygen atoms in total. The number of aromatic nitrogens is 2. The van der Waals surface area contributed by atoms with Crippen LogP contribution in [0.5, 0.6) is 5.75 Å². The van der Waals surface area contributed by atoms with Crippen LogP contribution in [-0.4, -0.2) is 61.8 Å². The lowest BCUT2D eigenvalue weighted by Gasteiger charge is -2.34. The van der Waals surface area contributed by atoms with Gasteiger partial charge in [-0.25, -0.2) is 9.97 Å². The number of hydrogen-bond acceptors (Lipinski definition) is 6. The molecule has 0 aliphatic carbocycles. The lowest BCUT2D eigenvalue weighted by atomic mass is 9.93. The molecular formula is C21H28N4O2. The number of rotatable bonds is 4. The number of nitrogens with zero attached hydrogens (tertiary/aromatic N) is 4.